The van der Waals surface area contributed by atoms with Crippen LogP contribution in [0.2, 0.25) is 0 Å². The Bertz CT molecular complexity index is 703. The van der Waals surface area contributed by atoms with Gasteiger partial charge in [0.2, 0.25) is 11.8 Å². The Labute approximate surface area is 140 Å². The number of nitrogens with zero attached hydrogens (tertiary/aromatic N) is 4. The van der Waals surface area contributed by atoms with Gasteiger partial charge in [-0.2, -0.15) is 0 Å². The topological polar surface area (TPSA) is 85.3 Å². The third-order valence-electron chi connectivity index (χ3n) is 4.57. The van der Waals surface area contributed by atoms with Crippen LogP contribution in [0.3, 0.4) is 0 Å². The summed E-state index contributed by atoms with van der Waals surface area (Å²) in [5, 5.41) is 19.0. The molecule has 2 heterocycles. The molecule has 0 aliphatic carbocycles. The molecule has 1 saturated heterocycles. The summed E-state index contributed by atoms with van der Waals surface area (Å²) in [5.74, 6) is 2.30. The molecule has 0 saturated carbocycles. The number of likely N-dealkylation sites (tertiary alicyclic amines) is 1. The average Bonchev–Trinajstić information content (AvgIpc) is 3.03. The third-order valence-corrected chi connectivity index (χ3v) is 4.57. The van der Waals surface area contributed by atoms with Gasteiger partial charge in [0.05, 0.1) is 11.0 Å². The molecule has 1 aromatic heterocycles. The quantitative estimate of drug-likeness (QED) is 0.628. The molecule has 3 rings (SSSR count). The van der Waals surface area contributed by atoms with E-state index in [0.717, 1.165) is 13.1 Å². The van der Waals surface area contributed by atoms with Gasteiger partial charge in [-0.3, -0.25) is 15.0 Å². The van der Waals surface area contributed by atoms with Gasteiger partial charge >= 0.3 is 0 Å². The molecule has 3 atom stereocenters. The van der Waals surface area contributed by atoms with Crippen molar-refractivity contribution in [1.29, 1.82) is 0 Å². The number of nitro groups is 1. The molecule has 1 fully saturated rings. The van der Waals surface area contributed by atoms with Gasteiger partial charge in [-0.25, -0.2) is 0 Å². The summed E-state index contributed by atoms with van der Waals surface area (Å²) in [4.78, 5) is 12.7. The monoisotopic (exact) mass is 330 g/mol. The van der Waals surface area contributed by atoms with Gasteiger partial charge in [0.15, 0.2) is 0 Å². The smallest absolute Gasteiger partial charge is 0.269 e. The van der Waals surface area contributed by atoms with Crippen LogP contribution in [0.4, 0.5) is 5.69 Å². The van der Waals surface area contributed by atoms with Crippen molar-refractivity contribution in [3.05, 3.63) is 40.3 Å². The van der Waals surface area contributed by atoms with E-state index in [2.05, 4.69) is 35.9 Å². The summed E-state index contributed by atoms with van der Waals surface area (Å²) in [6.07, 6.45) is 1.25. The Balaban J connectivity index is 1.76. The number of hydrogen-bond donors (Lipinski definition) is 0. The first-order chi connectivity index (χ1) is 11.4. The van der Waals surface area contributed by atoms with Crippen molar-refractivity contribution in [2.24, 2.45) is 11.8 Å². The first kappa shape index (κ1) is 16.6. The average molecular weight is 330 g/mol. The van der Waals surface area contributed by atoms with E-state index in [9.17, 15) is 10.1 Å². The Hall–Kier alpha value is -2.28. The fraction of sp³-hybridized carbons (Fsp3) is 0.529. The minimum Gasteiger partial charge on any atom is -0.419 e. The summed E-state index contributed by atoms with van der Waals surface area (Å²) in [6.45, 7) is 8.68. The molecule has 2 aromatic rings. The number of benzene rings is 1. The molecule has 128 valence electrons. The maximum Gasteiger partial charge on any atom is 0.269 e. The molecule has 0 amide bonds. The predicted molar refractivity (Wildman–Crippen MR) is 89.3 cm³/mol. The number of piperidine rings is 1. The van der Waals surface area contributed by atoms with Crippen LogP contribution in [-0.4, -0.2) is 33.1 Å². The normalized spacial score (nSPS) is 23.1. The van der Waals surface area contributed by atoms with Crippen molar-refractivity contribution in [3.8, 4) is 11.5 Å². The molecule has 0 unspecified atom stereocenters. The number of rotatable bonds is 4. The van der Waals surface area contributed by atoms with Gasteiger partial charge in [-0.15, -0.1) is 10.2 Å². The van der Waals surface area contributed by atoms with Crippen molar-refractivity contribution in [2.45, 2.75) is 33.2 Å². The van der Waals surface area contributed by atoms with E-state index in [0.29, 0.717) is 29.2 Å². The molecule has 24 heavy (non-hydrogen) atoms. The molecule has 0 radical (unpaired) electrons. The highest BCUT2D eigenvalue weighted by atomic mass is 16.6. The molecular weight excluding hydrogens is 308 g/mol. The van der Waals surface area contributed by atoms with Gasteiger partial charge < -0.3 is 4.42 Å². The molecule has 0 bridgehead atoms. The van der Waals surface area contributed by atoms with Crippen molar-refractivity contribution in [2.75, 3.05) is 13.1 Å². The largest absolute Gasteiger partial charge is 0.419 e. The van der Waals surface area contributed by atoms with E-state index >= 15 is 0 Å². The third kappa shape index (κ3) is 3.46. The van der Waals surface area contributed by atoms with Crippen molar-refractivity contribution >= 4 is 5.69 Å². The zero-order valence-electron chi connectivity index (χ0n) is 14.2. The SMILES string of the molecule is C[C@@H]1C[C@H](C)CN([C@@H](C)c2nnc(-c3ccc([N+](=O)[O-])cc3)o2)C1. The van der Waals surface area contributed by atoms with E-state index in [-0.39, 0.29) is 11.7 Å². The van der Waals surface area contributed by atoms with Crippen molar-refractivity contribution in [1.82, 2.24) is 15.1 Å². The highest BCUT2D eigenvalue weighted by molar-refractivity contribution is 5.55. The molecular formula is C17H22N4O3. The fourth-order valence-corrected chi connectivity index (χ4v) is 3.43. The van der Waals surface area contributed by atoms with Gasteiger partial charge in [0.25, 0.3) is 5.69 Å². The summed E-state index contributed by atoms with van der Waals surface area (Å²) in [6, 6.07) is 6.21. The Morgan fingerprint density at radius 2 is 1.83 bits per heavy atom. The number of hydrogen-bond acceptors (Lipinski definition) is 6. The van der Waals surface area contributed by atoms with Crippen LogP contribution in [0.1, 0.15) is 39.1 Å². The maximum atomic E-state index is 10.7. The highest BCUT2D eigenvalue weighted by Gasteiger charge is 2.28. The second kappa shape index (κ2) is 6.68. The molecule has 7 heteroatoms. The highest BCUT2D eigenvalue weighted by Crippen LogP contribution is 2.30. The summed E-state index contributed by atoms with van der Waals surface area (Å²) in [7, 11) is 0. The lowest BCUT2D eigenvalue weighted by atomic mass is 9.91. The maximum absolute atomic E-state index is 10.7. The molecule has 1 aliphatic heterocycles. The minimum atomic E-state index is -0.427. The predicted octanol–water partition coefficient (Wildman–Crippen LogP) is 3.68. The Morgan fingerprint density at radius 3 is 2.42 bits per heavy atom. The van der Waals surface area contributed by atoms with E-state index in [1.54, 1.807) is 12.1 Å². The minimum absolute atomic E-state index is 0.0446. The summed E-state index contributed by atoms with van der Waals surface area (Å²) >= 11 is 0. The van der Waals surface area contributed by atoms with Crippen LogP contribution in [0.15, 0.2) is 28.7 Å². The van der Waals surface area contributed by atoms with E-state index < -0.39 is 4.92 Å². The van der Waals surface area contributed by atoms with Crippen LogP contribution < -0.4 is 0 Å². The van der Waals surface area contributed by atoms with Crippen LogP contribution in [-0.2, 0) is 0 Å². The lowest BCUT2D eigenvalue weighted by molar-refractivity contribution is -0.384. The van der Waals surface area contributed by atoms with E-state index in [4.69, 9.17) is 4.42 Å². The van der Waals surface area contributed by atoms with Crippen LogP contribution >= 0.6 is 0 Å². The number of aromatic nitrogens is 2. The number of nitro benzene ring substituents is 1. The molecule has 7 nitrogen and oxygen atoms in total. The van der Waals surface area contributed by atoms with Crippen molar-refractivity contribution in [3.63, 3.8) is 0 Å². The van der Waals surface area contributed by atoms with Crippen LogP contribution in [0.5, 0.6) is 0 Å². The second-order valence-corrected chi connectivity index (χ2v) is 6.83. The lowest BCUT2D eigenvalue weighted by Crippen LogP contribution is -2.40. The van der Waals surface area contributed by atoms with E-state index in [1.807, 2.05) is 0 Å². The second-order valence-electron chi connectivity index (χ2n) is 6.83. The van der Waals surface area contributed by atoms with Gasteiger partial charge in [-0.1, -0.05) is 13.8 Å². The standard InChI is InChI=1S/C17H22N4O3/c1-11-8-12(2)10-20(9-11)13(3)16-18-19-17(24-16)14-4-6-15(7-5-14)21(22)23/h4-7,11-13H,8-10H2,1-3H3/t11-,12+,13-/m0/s1. The lowest BCUT2D eigenvalue weighted by Gasteiger charge is -2.37. The Morgan fingerprint density at radius 1 is 1.21 bits per heavy atom. The fourth-order valence-electron chi connectivity index (χ4n) is 3.43. The number of non-ortho nitro benzene ring substituents is 1. The Kier molecular flexibility index (Phi) is 4.62. The molecule has 0 N–H and O–H groups in total. The summed E-state index contributed by atoms with van der Waals surface area (Å²) in [5.41, 5.74) is 0.732. The van der Waals surface area contributed by atoms with E-state index in [1.165, 1.54) is 18.6 Å². The molecule has 0 spiro atoms. The van der Waals surface area contributed by atoms with Gasteiger partial charge in [0, 0.05) is 30.8 Å². The summed E-state index contributed by atoms with van der Waals surface area (Å²) < 4.78 is 5.82. The van der Waals surface area contributed by atoms with Crippen molar-refractivity contribution < 1.29 is 9.34 Å². The van der Waals surface area contributed by atoms with Crippen LogP contribution in [0.25, 0.3) is 11.5 Å². The first-order valence-corrected chi connectivity index (χ1v) is 8.26. The molecule has 1 aliphatic rings. The first-order valence-electron chi connectivity index (χ1n) is 8.26. The zero-order chi connectivity index (χ0) is 17.3. The van der Waals surface area contributed by atoms with Gasteiger partial charge in [0.1, 0.15) is 0 Å². The molecule has 1 aromatic carbocycles. The van der Waals surface area contributed by atoms with Crippen LogP contribution in [0, 0.1) is 22.0 Å². The zero-order valence-corrected chi connectivity index (χ0v) is 14.2. The van der Waals surface area contributed by atoms with Gasteiger partial charge in [-0.05, 0) is 37.3 Å².